The summed E-state index contributed by atoms with van der Waals surface area (Å²) in [4.78, 5) is 20.3. The van der Waals surface area contributed by atoms with Crippen molar-refractivity contribution in [2.75, 3.05) is 11.9 Å². The van der Waals surface area contributed by atoms with Crippen LogP contribution in [0, 0.1) is 13.8 Å². The van der Waals surface area contributed by atoms with Crippen LogP contribution in [0.3, 0.4) is 0 Å². The first-order valence-electron chi connectivity index (χ1n) is 6.87. The van der Waals surface area contributed by atoms with E-state index in [-0.39, 0.29) is 11.6 Å². The van der Waals surface area contributed by atoms with Crippen LogP contribution >= 0.6 is 0 Å². The van der Waals surface area contributed by atoms with Gasteiger partial charge in [0, 0.05) is 18.7 Å². The number of aryl methyl sites for hydroxylation is 2. The lowest BCUT2D eigenvalue weighted by molar-refractivity contribution is 0.0945. The molecule has 1 amide bonds. The van der Waals surface area contributed by atoms with Crippen LogP contribution < -0.4 is 10.6 Å². The van der Waals surface area contributed by atoms with Crippen LogP contribution in [-0.4, -0.2) is 27.6 Å². The van der Waals surface area contributed by atoms with E-state index in [4.69, 9.17) is 4.52 Å². The number of anilines is 1. The molecule has 7 nitrogen and oxygen atoms in total. The molecule has 0 saturated carbocycles. The first kappa shape index (κ1) is 15.0. The Kier molecular flexibility index (Phi) is 4.86. The predicted molar refractivity (Wildman–Crippen MR) is 78.0 cm³/mol. The van der Waals surface area contributed by atoms with Crippen LogP contribution in [0.25, 0.3) is 0 Å². The maximum absolute atomic E-state index is 12.1. The lowest BCUT2D eigenvalue weighted by Crippen LogP contribution is -2.24. The SMILES string of the molecule is CCCNc1cncc(C(=O)NCc2c(C)noc2C)n1. The monoisotopic (exact) mass is 289 g/mol. The molecule has 0 spiro atoms. The van der Waals surface area contributed by atoms with Crippen LogP contribution in [-0.2, 0) is 6.54 Å². The third-order valence-electron chi connectivity index (χ3n) is 3.03. The second-order valence-electron chi connectivity index (χ2n) is 4.70. The predicted octanol–water partition coefficient (Wildman–Crippen LogP) is 1.83. The topological polar surface area (TPSA) is 92.9 Å². The zero-order chi connectivity index (χ0) is 15.2. The Morgan fingerprint density at radius 2 is 2.14 bits per heavy atom. The van der Waals surface area contributed by atoms with Crippen molar-refractivity contribution in [1.82, 2.24) is 20.4 Å². The minimum absolute atomic E-state index is 0.275. The highest BCUT2D eigenvalue weighted by Crippen LogP contribution is 2.11. The summed E-state index contributed by atoms with van der Waals surface area (Å²) in [5.41, 5.74) is 1.94. The summed E-state index contributed by atoms with van der Waals surface area (Å²) in [6, 6.07) is 0. The van der Waals surface area contributed by atoms with Crippen molar-refractivity contribution in [2.24, 2.45) is 0 Å². The summed E-state index contributed by atoms with van der Waals surface area (Å²) in [6.45, 7) is 6.86. The van der Waals surface area contributed by atoms with E-state index in [0.29, 0.717) is 18.1 Å². The highest BCUT2D eigenvalue weighted by atomic mass is 16.5. The normalized spacial score (nSPS) is 10.4. The van der Waals surface area contributed by atoms with Gasteiger partial charge in [0.1, 0.15) is 17.3 Å². The van der Waals surface area contributed by atoms with Crippen LogP contribution in [0.5, 0.6) is 0 Å². The molecule has 7 heteroatoms. The molecule has 0 aliphatic rings. The summed E-state index contributed by atoms with van der Waals surface area (Å²) in [6.07, 6.45) is 4.02. The van der Waals surface area contributed by atoms with E-state index in [1.165, 1.54) is 6.20 Å². The number of carbonyl (C=O) groups excluding carboxylic acids is 1. The van der Waals surface area contributed by atoms with Crippen LogP contribution in [0.15, 0.2) is 16.9 Å². The van der Waals surface area contributed by atoms with Crippen molar-refractivity contribution in [3.05, 3.63) is 35.1 Å². The molecule has 0 bridgehead atoms. The van der Waals surface area contributed by atoms with Gasteiger partial charge in [0.05, 0.1) is 18.1 Å². The lowest BCUT2D eigenvalue weighted by atomic mass is 10.2. The molecule has 0 atom stereocenters. The Morgan fingerprint density at radius 1 is 1.33 bits per heavy atom. The van der Waals surface area contributed by atoms with Gasteiger partial charge in [-0.1, -0.05) is 12.1 Å². The molecule has 2 heterocycles. The molecule has 0 radical (unpaired) electrons. The molecule has 0 saturated heterocycles. The first-order valence-corrected chi connectivity index (χ1v) is 6.87. The molecule has 0 aromatic carbocycles. The molecule has 0 aliphatic carbocycles. The van der Waals surface area contributed by atoms with Gasteiger partial charge in [-0.15, -0.1) is 0 Å². The molecule has 2 aromatic rings. The van der Waals surface area contributed by atoms with Gasteiger partial charge in [0.15, 0.2) is 0 Å². The third-order valence-corrected chi connectivity index (χ3v) is 3.03. The van der Waals surface area contributed by atoms with E-state index in [0.717, 1.165) is 24.2 Å². The zero-order valence-electron chi connectivity index (χ0n) is 12.4. The van der Waals surface area contributed by atoms with E-state index >= 15 is 0 Å². The number of amides is 1. The smallest absolute Gasteiger partial charge is 0.271 e. The van der Waals surface area contributed by atoms with Crippen LogP contribution in [0.2, 0.25) is 0 Å². The van der Waals surface area contributed by atoms with Crippen molar-refractivity contribution in [2.45, 2.75) is 33.7 Å². The fourth-order valence-corrected chi connectivity index (χ4v) is 1.83. The Balaban J connectivity index is 2.00. The molecule has 0 aliphatic heterocycles. The van der Waals surface area contributed by atoms with E-state index in [1.807, 2.05) is 13.8 Å². The van der Waals surface area contributed by atoms with Gasteiger partial charge in [0.2, 0.25) is 0 Å². The van der Waals surface area contributed by atoms with Crippen molar-refractivity contribution >= 4 is 11.7 Å². The van der Waals surface area contributed by atoms with Gasteiger partial charge in [-0.2, -0.15) is 0 Å². The first-order chi connectivity index (χ1) is 10.1. The largest absolute Gasteiger partial charge is 0.369 e. The number of nitrogens with zero attached hydrogens (tertiary/aromatic N) is 3. The Morgan fingerprint density at radius 3 is 2.81 bits per heavy atom. The Bertz CT molecular complexity index is 604. The third kappa shape index (κ3) is 3.77. The molecule has 2 N–H and O–H groups in total. The molecular weight excluding hydrogens is 270 g/mol. The minimum Gasteiger partial charge on any atom is -0.369 e. The minimum atomic E-state index is -0.275. The average molecular weight is 289 g/mol. The van der Waals surface area contributed by atoms with Crippen LogP contribution in [0.4, 0.5) is 5.82 Å². The van der Waals surface area contributed by atoms with E-state index in [9.17, 15) is 4.79 Å². The number of hydrogen-bond donors (Lipinski definition) is 2. The quantitative estimate of drug-likeness (QED) is 0.842. The number of hydrogen-bond acceptors (Lipinski definition) is 6. The van der Waals surface area contributed by atoms with Crippen LogP contribution in [0.1, 0.15) is 40.9 Å². The number of carbonyl (C=O) groups is 1. The van der Waals surface area contributed by atoms with E-state index < -0.39 is 0 Å². The van der Waals surface area contributed by atoms with Gasteiger partial charge in [-0.3, -0.25) is 9.78 Å². The Labute approximate surface area is 123 Å². The maximum Gasteiger partial charge on any atom is 0.271 e. The molecule has 112 valence electrons. The van der Waals surface area contributed by atoms with Crippen molar-refractivity contribution < 1.29 is 9.32 Å². The highest BCUT2D eigenvalue weighted by molar-refractivity contribution is 5.92. The van der Waals surface area contributed by atoms with Gasteiger partial charge in [0.25, 0.3) is 5.91 Å². The fourth-order valence-electron chi connectivity index (χ4n) is 1.83. The summed E-state index contributed by atoms with van der Waals surface area (Å²) in [7, 11) is 0. The molecule has 0 fully saturated rings. The Hall–Kier alpha value is -2.44. The molecule has 0 unspecified atom stereocenters. The number of rotatable bonds is 6. The molecule has 2 rings (SSSR count). The number of aromatic nitrogens is 3. The fraction of sp³-hybridized carbons (Fsp3) is 0.429. The maximum atomic E-state index is 12.1. The summed E-state index contributed by atoms with van der Waals surface area (Å²) in [5, 5.41) is 9.75. The summed E-state index contributed by atoms with van der Waals surface area (Å²) < 4.78 is 5.06. The second-order valence-corrected chi connectivity index (χ2v) is 4.70. The molecule has 21 heavy (non-hydrogen) atoms. The van der Waals surface area contributed by atoms with Crippen molar-refractivity contribution in [1.29, 1.82) is 0 Å². The lowest BCUT2D eigenvalue weighted by Gasteiger charge is -2.06. The van der Waals surface area contributed by atoms with E-state index in [1.54, 1.807) is 6.20 Å². The average Bonchev–Trinajstić information content (AvgIpc) is 2.82. The van der Waals surface area contributed by atoms with Gasteiger partial charge in [-0.05, 0) is 20.3 Å². The summed E-state index contributed by atoms with van der Waals surface area (Å²) >= 11 is 0. The van der Waals surface area contributed by atoms with E-state index in [2.05, 4.69) is 32.7 Å². The zero-order valence-corrected chi connectivity index (χ0v) is 12.4. The van der Waals surface area contributed by atoms with Gasteiger partial charge < -0.3 is 15.2 Å². The van der Waals surface area contributed by atoms with Crippen molar-refractivity contribution in [3.8, 4) is 0 Å². The number of nitrogens with one attached hydrogen (secondary N) is 2. The summed E-state index contributed by atoms with van der Waals surface area (Å²) in [5.74, 6) is 1.03. The van der Waals surface area contributed by atoms with Crippen molar-refractivity contribution in [3.63, 3.8) is 0 Å². The second kappa shape index (κ2) is 6.83. The van der Waals surface area contributed by atoms with Gasteiger partial charge >= 0.3 is 0 Å². The molecular formula is C14H19N5O2. The molecule has 2 aromatic heterocycles. The standard InChI is InChI=1S/C14H19N5O2/c1-4-5-16-13-8-15-7-12(18-13)14(20)17-6-11-9(2)19-21-10(11)3/h7-8H,4-6H2,1-3H3,(H,16,18)(H,17,20). The van der Waals surface area contributed by atoms with Gasteiger partial charge in [-0.25, -0.2) is 4.98 Å². The highest BCUT2D eigenvalue weighted by Gasteiger charge is 2.13.